The van der Waals surface area contributed by atoms with E-state index in [9.17, 15) is 13.2 Å². The second kappa shape index (κ2) is 9.35. The summed E-state index contributed by atoms with van der Waals surface area (Å²) in [6.07, 6.45) is 1.85. The van der Waals surface area contributed by atoms with E-state index in [0.717, 1.165) is 18.9 Å². The summed E-state index contributed by atoms with van der Waals surface area (Å²) in [4.78, 5) is 8.76. The van der Waals surface area contributed by atoms with Crippen molar-refractivity contribution in [3.63, 3.8) is 0 Å². The van der Waals surface area contributed by atoms with Crippen LogP contribution in [0, 0.1) is 12.7 Å². The summed E-state index contributed by atoms with van der Waals surface area (Å²) in [5, 5.41) is 3.66. The van der Waals surface area contributed by atoms with Gasteiger partial charge in [-0.3, -0.25) is 0 Å². The van der Waals surface area contributed by atoms with Crippen molar-refractivity contribution < 1.29 is 25.4 Å². The smallest absolute Gasteiger partial charge is 0.273 e. The van der Waals surface area contributed by atoms with Crippen LogP contribution >= 0.6 is 11.6 Å². The maximum Gasteiger partial charge on any atom is 0.273 e. The first-order chi connectivity index (χ1) is 16.3. The van der Waals surface area contributed by atoms with Crippen molar-refractivity contribution >= 4 is 28.3 Å². The number of aryl methyl sites for hydroxylation is 1. The number of fused-ring (bicyclic) bond motifs is 1. The molecule has 3 aromatic rings. The molecule has 1 aliphatic carbocycles. The van der Waals surface area contributed by atoms with Crippen molar-refractivity contribution in [2.75, 3.05) is 18.5 Å². The zero-order valence-electron chi connectivity index (χ0n) is 20.4. The minimum atomic E-state index is -3.33. The maximum atomic E-state index is 14.9. The minimum absolute atomic E-state index is 0.0486. The van der Waals surface area contributed by atoms with Crippen LogP contribution in [-0.4, -0.2) is 29.2 Å². The van der Waals surface area contributed by atoms with Gasteiger partial charge in [0.1, 0.15) is 29.8 Å². The molecule has 0 bridgehead atoms. The topological polar surface area (TPSA) is 56.3 Å². The fourth-order valence-corrected chi connectivity index (χ4v) is 3.63. The molecule has 1 heterocycles. The predicted molar refractivity (Wildman–Crippen MR) is 122 cm³/mol. The molecule has 1 N–H and O–H groups in total. The van der Waals surface area contributed by atoms with E-state index in [1.807, 2.05) is 0 Å². The zero-order valence-corrected chi connectivity index (χ0v) is 19.1. The first kappa shape index (κ1) is 21.0. The summed E-state index contributed by atoms with van der Waals surface area (Å²) in [7, 11) is 0. The van der Waals surface area contributed by atoms with Crippen molar-refractivity contribution in [1.29, 1.82) is 0 Å². The Morgan fingerprint density at radius 2 is 2.06 bits per heavy atom. The van der Waals surface area contributed by atoms with Gasteiger partial charge < -0.3 is 14.8 Å². The lowest BCUT2D eigenvalue weighted by atomic mass is 10.0. The molecule has 0 saturated heterocycles. The van der Waals surface area contributed by atoms with Crippen LogP contribution in [-0.2, 0) is 10.7 Å². The third-order valence-corrected chi connectivity index (χ3v) is 5.56. The molecule has 4 rings (SSSR count). The highest BCUT2D eigenvalue weighted by molar-refractivity contribution is 6.32. The summed E-state index contributed by atoms with van der Waals surface area (Å²) >= 11 is 6.34. The average Bonchev–Trinajstić information content (AvgIpc) is 3.57. The number of hydrogen-bond donors (Lipinski definition) is 1. The van der Waals surface area contributed by atoms with Crippen LogP contribution in [0.3, 0.4) is 0 Å². The Labute approximate surface area is 198 Å². The largest absolute Gasteiger partial charge is 0.490 e. The number of ether oxygens (including phenoxy) is 2. The molecule has 0 spiro atoms. The second-order valence-electron chi connectivity index (χ2n) is 8.14. The molecule has 5 nitrogen and oxygen atoms in total. The highest BCUT2D eigenvalue weighted by Gasteiger charge is 2.30. The van der Waals surface area contributed by atoms with E-state index >= 15 is 0 Å². The van der Waals surface area contributed by atoms with Gasteiger partial charge in [0.05, 0.1) is 37.6 Å². The van der Waals surface area contributed by atoms with E-state index in [1.165, 1.54) is 24.3 Å². The van der Waals surface area contributed by atoms with Crippen molar-refractivity contribution in [3.8, 4) is 5.75 Å². The molecule has 1 aliphatic rings. The summed E-state index contributed by atoms with van der Waals surface area (Å²) in [6.45, 7) is 1.56. The van der Waals surface area contributed by atoms with Crippen LogP contribution in [0.25, 0.3) is 10.9 Å². The number of benzene rings is 2. The molecular weight excluding hydrogens is 455 g/mol. The van der Waals surface area contributed by atoms with Crippen LogP contribution < -0.4 is 10.1 Å². The van der Waals surface area contributed by atoms with Crippen LogP contribution in [0.4, 0.5) is 19.0 Å². The Morgan fingerprint density at radius 1 is 1.30 bits per heavy atom. The average molecular weight is 482 g/mol. The minimum Gasteiger partial charge on any atom is -0.490 e. The summed E-state index contributed by atoms with van der Waals surface area (Å²) < 4.78 is 69.7. The van der Waals surface area contributed by atoms with Crippen LogP contribution in [0.1, 0.15) is 52.4 Å². The van der Waals surface area contributed by atoms with E-state index in [4.69, 9.17) is 23.8 Å². The molecule has 33 heavy (non-hydrogen) atoms. The normalized spacial score (nSPS) is 16.3. The Morgan fingerprint density at radius 3 is 2.76 bits per heavy atom. The van der Waals surface area contributed by atoms with Crippen LogP contribution in [0.15, 0.2) is 30.3 Å². The molecule has 0 aliphatic heterocycles. The van der Waals surface area contributed by atoms with E-state index in [1.54, 1.807) is 13.8 Å². The highest BCUT2D eigenvalue weighted by Crippen LogP contribution is 2.36. The molecular formula is C24H25ClF3N3O2. The quantitative estimate of drug-likeness (QED) is 0.374. The first-order valence-corrected chi connectivity index (χ1v) is 10.9. The number of hydrogen-bond acceptors (Lipinski definition) is 5. The Balaban J connectivity index is 1.66. The van der Waals surface area contributed by atoms with E-state index in [-0.39, 0.29) is 29.0 Å². The molecule has 1 aromatic heterocycles. The lowest BCUT2D eigenvalue weighted by Crippen LogP contribution is -2.16. The zero-order chi connectivity index (χ0) is 25.5. The van der Waals surface area contributed by atoms with Gasteiger partial charge in [0.2, 0.25) is 0 Å². The van der Waals surface area contributed by atoms with Gasteiger partial charge in [0.15, 0.2) is 0 Å². The molecule has 0 radical (unpaired) electrons. The molecule has 2 aromatic carbocycles. The second-order valence-corrected chi connectivity index (χ2v) is 8.55. The van der Waals surface area contributed by atoms with Gasteiger partial charge in [0, 0.05) is 17.9 Å². The third kappa shape index (κ3) is 5.50. The van der Waals surface area contributed by atoms with Gasteiger partial charge >= 0.3 is 0 Å². The lowest BCUT2D eigenvalue weighted by Gasteiger charge is -2.20. The number of nitrogens with zero attached hydrogens (tertiary/aromatic N) is 2. The number of halogens is 4. The number of alkyl halides is 2. The van der Waals surface area contributed by atoms with Crippen LogP contribution in [0.2, 0.25) is 5.02 Å². The van der Waals surface area contributed by atoms with Gasteiger partial charge in [0.25, 0.3) is 5.92 Å². The Bertz CT molecular complexity index is 1250. The standard InChI is InChI=1S/C24H25ClF3N3O2/c1-13(16-5-4-6-18(22(16)26)24(3,27)28)29-23-17-11-21(33-10-9-32-15-7-8-15)19(25)12-20(17)30-14(2)31-23/h4-6,11-13,15H,7-10H2,1-3H3,(H,29,30,31)/t13-/m1/s1/i10D2. The van der Waals surface area contributed by atoms with Crippen molar-refractivity contribution in [2.24, 2.45) is 0 Å². The third-order valence-electron chi connectivity index (χ3n) is 5.27. The molecule has 1 atom stereocenters. The summed E-state index contributed by atoms with van der Waals surface area (Å²) in [5.41, 5.74) is -0.188. The highest BCUT2D eigenvalue weighted by atomic mass is 35.5. The summed E-state index contributed by atoms with van der Waals surface area (Å²) in [5.74, 6) is -3.57. The number of anilines is 1. The number of nitrogens with one attached hydrogen (secondary N) is 1. The van der Waals surface area contributed by atoms with Gasteiger partial charge in [-0.15, -0.1) is 0 Å². The fraction of sp³-hybridized carbons (Fsp3) is 0.417. The summed E-state index contributed by atoms with van der Waals surface area (Å²) in [6, 6.07) is 6.15. The van der Waals surface area contributed by atoms with Gasteiger partial charge in [-0.1, -0.05) is 29.8 Å². The lowest BCUT2D eigenvalue weighted by molar-refractivity contribution is 0.0136. The molecule has 1 saturated carbocycles. The van der Waals surface area contributed by atoms with Crippen molar-refractivity contribution in [1.82, 2.24) is 9.97 Å². The Hall–Kier alpha value is -2.58. The van der Waals surface area contributed by atoms with E-state index in [2.05, 4.69) is 15.3 Å². The molecule has 0 amide bonds. The van der Waals surface area contributed by atoms with E-state index in [0.29, 0.717) is 29.5 Å². The predicted octanol–water partition coefficient (Wildman–Crippen LogP) is 6.57. The molecule has 1 fully saturated rings. The van der Waals surface area contributed by atoms with Gasteiger partial charge in [-0.25, -0.2) is 23.1 Å². The molecule has 0 unspecified atom stereocenters. The number of rotatable bonds is 9. The Kier molecular flexibility index (Phi) is 5.94. The van der Waals surface area contributed by atoms with E-state index < -0.39 is 29.9 Å². The molecule has 176 valence electrons. The van der Waals surface area contributed by atoms with Crippen molar-refractivity contribution in [2.45, 2.75) is 51.7 Å². The van der Waals surface area contributed by atoms with Crippen LogP contribution in [0.5, 0.6) is 5.75 Å². The van der Waals surface area contributed by atoms with Crippen molar-refractivity contribution in [3.05, 3.63) is 58.1 Å². The van der Waals surface area contributed by atoms with Gasteiger partial charge in [-0.05, 0) is 38.8 Å². The maximum absolute atomic E-state index is 14.9. The monoisotopic (exact) mass is 481 g/mol. The molecule has 9 heteroatoms. The van der Waals surface area contributed by atoms with Gasteiger partial charge in [-0.2, -0.15) is 0 Å². The first-order valence-electron chi connectivity index (χ1n) is 11.6. The SMILES string of the molecule is [2H]C([2H])(COC1CC1)Oc1cc2c(N[C@H](C)c3cccc(C(C)(F)F)c3F)nc(C)nc2cc1Cl. The fourth-order valence-electron chi connectivity index (χ4n) is 3.43. The number of aromatic nitrogens is 2.